The molecule has 16 heavy (non-hydrogen) atoms. The summed E-state index contributed by atoms with van der Waals surface area (Å²) in [5.74, 6) is -0.687. The Kier molecular flexibility index (Phi) is 3.36. The Morgan fingerprint density at radius 3 is 2.06 bits per heavy atom. The maximum absolute atomic E-state index is 11.8. The summed E-state index contributed by atoms with van der Waals surface area (Å²) in [6.07, 6.45) is 0.233. The molecule has 0 bridgehead atoms. The maximum atomic E-state index is 11.8. The monoisotopic (exact) mass is 250 g/mol. The summed E-state index contributed by atoms with van der Waals surface area (Å²) in [5.41, 5.74) is -2.39. The lowest BCUT2D eigenvalue weighted by atomic mass is 9.69. The van der Waals surface area contributed by atoms with Gasteiger partial charge in [0, 0.05) is 0 Å². The lowest BCUT2D eigenvalue weighted by Gasteiger charge is -2.43. The molecule has 1 aliphatic rings. The fraction of sp³-hybridized carbons (Fsp3) is 0.900. The molecule has 94 valence electrons. The van der Waals surface area contributed by atoms with Gasteiger partial charge in [-0.2, -0.15) is 0 Å². The van der Waals surface area contributed by atoms with Crippen LogP contribution in [0.2, 0.25) is 0 Å². The van der Waals surface area contributed by atoms with Gasteiger partial charge in [0.25, 0.3) is 0 Å². The predicted octanol–water partition coefficient (Wildman–Crippen LogP) is 0.125. The van der Waals surface area contributed by atoms with E-state index in [9.17, 15) is 18.3 Å². The normalized spacial score (nSPS) is 23.8. The van der Waals surface area contributed by atoms with Crippen molar-refractivity contribution in [1.82, 2.24) is 0 Å². The van der Waals surface area contributed by atoms with Gasteiger partial charge in [-0.15, -0.1) is 0 Å². The molecule has 6 heteroatoms. The number of esters is 1. The molecule has 1 fully saturated rings. The van der Waals surface area contributed by atoms with Gasteiger partial charge in [-0.1, -0.05) is 0 Å². The lowest BCUT2D eigenvalue weighted by Crippen LogP contribution is -2.54. The highest BCUT2D eigenvalue weighted by Crippen LogP contribution is 2.43. The van der Waals surface area contributed by atoms with Crippen LogP contribution in [-0.4, -0.2) is 43.7 Å². The standard InChI is InChI=1S/C10H18O5S/c1-9(2,12)10(8(11)15-3)4-6-16(13,14)7-5-10/h12H,4-7H2,1-3H3. The van der Waals surface area contributed by atoms with Gasteiger partial charge in [0.05, 0.1) is 29.6 Å². The summed E-state index contributed by atoms with van der Waals surface area (Å²) >= 11 is 0. The Bertz CT molecular complexity index is 363. The molecule has 1 N–H and O–H groups in total. The number of aliphatic hydroxyl groups is 1. The number of hydrogen-bond acceptors (Lipinski definition) is 5. The van der Waals surface area contributed by atoms with Crippen LogP contribution < -0.4 is 0 Å². The van der Waals surface area contributed by atoms with E-state index in [2.05, 4.69) is 0 Å². The molecule has 0 spiro atoms. The minimum atomic E-state index is -3.07. The second kappa shape index (κ2) is 4.00. The van der Waals surface area contributed by atoms with Gasteiger partial charge in [0.15, 0.2) is 0 Å². The smallest absolute Gasteiger partial charge is 0.314 e. The van der Waals surface area contributed by atoms with E-state index >= 15 is 0 Å². The molecule has 0 aromatic rings. The molecular weight excluding hydrogens is 232 g/mol. The van der Waals surface area contributed by atoms with Crippen LogP contribution in [0.15, 0.2) is 0 Å². The second-order valence-corrected chi connectivity index (χ2v) is 7.09. The van der Waals surface area contributed by atoms with Crippen LogP contribution in [0.5, 0.6) is 0 Å². The van der Waals surface area contributed by atoms with Crippen LogP contribution >= 0.6 is 0 Å². The zero-order valence-electron chi connectivity index (χ0n) is 9.82. The first-order valence-electron chi connectivity index (χ1n) is 5.16. The van der Waals surface area contributed by atoms with E-state index in [1.165, 1.54) is 21.0 Å². The van der Waals surface area contributed by atoms with E-state index in [4.69, 9.17) is 4.74 Å². The second-order valence-electron chi connectivity index (χ2n) is 4.78. The molecular formula is C10H18O5S. The zero-order chi connectivity index (χ0) is 12.6. The third-order valence-corrected chi connectivity index (χ3v) is 5.08. The van der Waals surface area contributed by atoms with E-state index in [0.717, 1.165) is 0 Å². The fourth-order valence-electron chi connectivity index (χ4n) is 2.15. The summed E-state index contributed by atoms with van der Waals surface area (Å²) in [7, 11) is -1.83. The van der Waals surface area contributed by atoms with Crippen molar-refractivity contribution in [3.05, 3.63) is 0 Å². The molecule has 0 saturated carbocycles. The zero-order valence-corrected chi connectivity index (χ0v) is 10.6. The maximum Gasteiger partial charge on any atom is 0.314 e. The summed E-state index contributed by atoms with van der Waals surface area (Å²) in [5, 5.41) is 10.1. The van der Waals surface area contributed by atoms with Crippen LogP contribution in [0, 0.1) is 5.41 Å². The third-order valence-electron chi connectivity index (χ3n) is 3.43. The quantitative estimate of drug-likeness (QED) is 0.704. The van der Waals surface area contributed by atoms with Gasteiger partial charge in [0.1, 0.15) is 9.84 Å². The average molecular weight is 250 g/mol. The predicted molar refractivity (Wildman–Crippen MR) is 58.6 cm³/mol. The SMILES string of the molecule is COC(=O)C1(C(C)(C)O)CCS(=O)(=O)CC1. The molecule has 0 amide bonds. The van der Waals surface area contributed by atoms with Crippen LogP contribution in [0.3, 0.4) is 0 Å². The number of methoxy groups -OCH3 is 1. The van der Waals surface area contributed by atoms with Gasteiger partial charge >= 0.3 is 5.97 Å². The number of rotatable bonds is 2. The minimum Gasteiger partial charge on any atom is -0.469 e. The van der Waals surface area contributed by atoms with Crippen LogP contribution in [-0.2, 0) is 19.4 Å². The lowest BCUT2D eigenvalue weighted by molar-refractivity contribution is -0.170. The molecule has 0 aromatic carbocycles. The highest BCUT2D eigenvalue weighted by Gasteiger charge is 2.53. The van der Waals surface area contributed by atoms with Crippen molar-refractivity contribution >= 4 is 15.8 Å². The summed E-state index contributed by atoms with van der Waals surface area (Å²) in [4.78, 5) is 11.8. The van der Waals surface area contributed by atoms with Crippen molar-refractivity contribution in [2.75, 3.05) is 18.6 Å². The number of ether oxygens (including phenoxy) is 1. The topological polar surface area (TPSA) is 80.7 Å². The van der Waals surface area contributed by atoms with Crippen molar-refractivity contribution in [3.63, 3.8) is 0 Å². The van der Waals surface area contributed by atoms with Crippen LogP contribution in [0.1, 0.15) is 26.7 Å². The van der Waals surface area contributed by atoms with Crippen molar-refractivity contribution in [2.45, 2.75) is 32.3 Å². The van der Waals surface area contributed by atoms with Crippen molar-refractivity contribution in [2.24, 2.45) is 5.41 Å². The van der Waals surface area contributed by atoms with Gasteiger partial charge in [-0.05, 0) is 26.7 Å². The molecule has 1 aliphatic heterocycles. The highest BCUT2D eigenvalue weighted by atomic mass is 32.2. The average Bonchev–Trinajstić information content (AvgIpc) is 2.15. The molecule has 0 radical (unpaired) electrons. The molecule has 1 heterocycles. The minimum absolute atomic E-state index is 0.0773. The molecule has 0 unspecified atom stereocenters. The number of carbonyl (C=O) groups excluding carboxylic acids is 1. The van der Waals surface area contributed by atoms with E-state index in [-0.39, 0.29) is 24.3 Å². The first-order chi connectivity index (χ1) is 7.15. The highest BCUT2D eigenvalue weighted by molar-refractivity contribution is 7.91. The summed E-state index contributed by atoms with van der Waals surface area (Å²) in [6, 6.07) is 0. The van der Waals surface area contributed by atoms with E-state index in [0.29, 0.717) is 0 Å². The molecule has 0 aromatic heterocycles. The van der Waals surface area contributed by atoms with Crippen molar-refractivity contribution < 1.29 is 23.1 Å². The van der Waals surface area contributed by atoms with E-state index in [1.807, 2.05) is 0 Å². The molecule has 0 atom stereocenters. The van der Waals surface area contributed by atoms with Gasteiger partial charge in [-0.3, -0.25) is 4.79 Å². The number of hydrogen-bond donors (Lipinski definition) is 1. The Balaban J connectivity index is 3.06. The van der Waals surface area contributed by atoms with Gasteiger partial charge < -0.3 is 9.84 Å². The Morgan fingerprint density at radius 1 is 1.31 bits per heavy atom. The Labute approximate surface area is 95.7 Å². The van der Waals surface area contributed by atoms with Gasteiger partial charge in [-0.25, -0.2) is 8.42 Å². The fourth-order valence-corrected chi connectivity index (χ4v) is 3.67. The van der Waals surface area contributed by atoms with E-state index < -0.39 is 26.8 Å². The van der Waals surface area contributed by atoms with Crippen LogP contribution in [0.25, 0.3) is 0 Å². The summed E-state index contributed by atoms with van der Waals surface area (Å²) < 4.78 is 27.4. The number of sulfone groups is 1. The van der Waals surface area contributed by atoms with Crippen molar-refractivity contribution in [3.8, 4) is 0 Å². The van der Waals surface area contributed by atoms with Gasteiger partial charge in [0.2, 0.25) is 0 Å². The Morgan fingerprint density at radius 2 is 1.75 bits per heavy atom. The molecule has 0 aliphatic carbocycles. The largest absolute Gasteiger partial charge is 0.469 e. The first-order valence-corrected chi connectivity index (χ1v) is 6.98. The molecule has 5 nitrogen and oxygen atoms in total. The first kappa shape index (κ1) is 13.4. The number of carbonyl (C=O) groups is 1. The summed E-state index contributed by atoms with van der Waals surface area (Å²) in [6.45, 7) is 3.03. The molecule has 1 saturated heterocycles. The van der Waals surface area contributed by atoms with Crippen LogP contribution in [0.4, 0.5) is 0 Å². The molecule has 1 rings (SSSR count). The Hall–Kier alpha value is -0.620. The van der Waals surface area contributed by atoms with E-state index in [1.54, 1.807) is 0 Å². The third kappa shape index (κ3) is 2.22. The van der Waals surface area contributed by atoms with Crippen molar-refractivity contribution in [1.29, 1.82) is 0 Å².